The normalized spacial score (nSPS) is 14.2. The second-order valence-electron chi connectivity index (χ2n) is 8.37. The van der Waals surface area contributed by atoms with Crippen LogP contribution in [0.5, 0.6) is 0 Å². The van der Waals surface area contributed by atoms with Gasteiger partial charge in [0, 0.05) is 31.7 Å². The molecule has 0 saturated carbocycles. The SMILES string of the molecule is O=C(NCc1ccc(CN2CCOCC2)cc1)c1ccc(-n2cnc3ccccc3c2=O)cc1. The van der Waals surface area contributed by atoms with Crippen molar-refractivity contribution in [2.45, 2.75) is 13.1 Å². The predicted octanol–water partition coefficient (Wildman–Crippen LogP) is 3.15. The second kappa shape index (κ2) is 9.99. The van der Waals surface area contributed by atoms with Crippen molar-refractivity contribution in [3.8, 4) is 5.69 Å². The first kappa shape index (κ1) is 22.0. The summed E-state index contributed by atoms with van der Waals surface area (Å²) < 4.78 is 6.89. The minimum absolute atomic E-state index is 0.139. The Morgan fingerprint density at radius 2 is 1.62 bits per heavy atom. The molecule has 1 amide bonds. The first-order chi connectivity index (χ1) is 16.7. The zero-order valence-corrected chi connectivity index (χ0v) is 18.8. The second-order valence-corrected chi connectivity index (χ2v) is 8.37. The van der Waals surface area contributed by atoms with E-state index < -0.39 is 0 Å². The average molecular weight is 455 g/mol. The molecule has 3 aromatic carbocycles. The summed E-state index contributed by atoms with van der Waals surface area (Å²) in [4.78, 5) is 32.1. The molecule has 172 valence electrons. The number of benzene rings is 3. The quantitative estimate of drug-likeness (QED) is 0.484. The van der Waals surface area contributed by atoms with Crippen LogP contribution in [0.2, 0.25) is 0 Å². The van der Waals surface area contributed by atoms with Crippen LogP contribution in [0.1, 0.15) is 21.5 Å². The zero-order chi connectivity index (χ0) is 23.3. The van der Waals surface area contributed by atoms with Crippen LogP contribution in [0.3, 0.4) is 0 Å². The molecule has 5 rings (SSSR count). The van der Waals surface area contributed by atoms with Gasteiger partial charge < -0.3 is 10.1 Å². The van der Waals surface area contributed by atoms with Crippen LogP contribution in [0, 0.1) is 0 Å². The standard InChI is InChI=1S/C27H26N4O3/c32-26(28-17-20-5-7-21(8-6-20)18-30-13-15-34-16-14-30)22-9-11-23(12-10-22)31-19-29-25-4-2-1-3-24(25)27(31)33/h1-12,19H,13-18H2,(H,28,32). The third kappa shape index (κ3) is 4.90. The molecule has 0 unspecified atom stereocenters. The van der Waals surface area contributed by atoms with Gasteiger partial charge in [0.1, 0.15) is 6.33 Å². The summed E-state index contributed by atoms with van der Waals surface area (Å²) in [7, 11) is 0. The minimum atomic E-state index is -0.159. The molecular weight excluding hydrogens is 428 g/mol. The summed E-state index contributed by atoms with van der Waals surface area (Å²) in [6.45, 7) is 4.87. The molecule has 1 saturated heterocycles. The van der Waals surface area contributed by atoms with Crippen molar-refractivity contribution in [2.24, 2.45) is 0 Å². The van der Waals surface area contributed by atoms with E-state index in [1.165, 1.54) is 16.5 Å². The lowest BCUT2D eigenvalue weighted by Gasteiger charge is -2.26. The number of morpholine rings is 1. The van der Waals surface area contributed by atoms with E-state index in [1.807, 2.05) is 18.2 Å². The Labute approximate surface area is 197 Å². The van der Waals surface area contributed by atoms with Crippen LogP contribution in [-0.4, -0.2) is 46.7 Å². The van der Waals surface area contributed by atoms with Gasteiger partial charge in [0.2, 0.25) is 0 Å². The Kier molecular flexibility index (Phi) is 6.46. The Balaban J connectivity index is 1.20. The zero-order valence-electron chi connectivity index (χ0n) is 18.8. The highest BCUT2D eigenvalue weighted by Gasteiger charge is 2.11. The molecule has 2 heterocycles. The molecule has 1 aliphatic rings. The lowest BCUT2D eigenvalue weighted by molar-refractivity contribution is 0.0342. The number of aromatic nitrogens is 2. The molecule has 1 aromatic heterocycles. The number of ether oxygens (including phenoxy) is 1. The first-order valence-corrected chi connectivity index (χ1v) is 11.4. The first-order valence-electron chi connectivity index (χ1n) is 11.4. The van der Waals surface area contributed by atoms with Gasteiger partial charge in [-0.2, -0.15) is 0 Å². The van der Waals surface area contributed by atoms with E-state index in [4.69, 9.17) is 4.74 Å². The summed E-state index contributed by atoms with van der Waals surface area (Å²) >= 11 is 0. The molecular formula is C27H26N4O3. The number of nitrogens with zero attached hydrogens (tertiary/aromatic N) is 3. The fourth-order valence-electron chi connectivity index (χ4n) is 4.09. The molecule has 7 heteroatoms. The number of para-hydroxylation sites is 1. The number of nitrogens with one attached hydrogen (secondary N) is 1. The Bertz CT molecular complexity index is 1340. The smallest absolute Gasteiger partial charge is 0.265 e. The number of amides is 1. The molecule has 0 aliphatic carbocycles. The van der Waals surface area contributed by atoms with Crippen LogP contribution < -0.4 is 10.9 Å². The van der Waals surface area contributed by atoms with Gasteiger partial charge >= 0.3 is 0 Å². The highest BCUT2D eigenvalue weighted by atomic mass is 16.5. The van der Waals surface area contributed by atoms with E-state index in [1.54, 1.807) is 30.3 Å². The van der Waals surface area contributed by atoms with Crippen LogP contribution in [0.15, 0.2) is 83.9 Å². The molecule has 0 radical (unpaired) electrons. The molecule has 4 aromatic rings. The maximum absolute atomic E-state index is 12.8. The average Bonchev–Trinajstić information content (AvgIpc) is 2.89. The monoisotopic (exact) mass is 454 g/mol. The van der Waals surface area contributed by atoms with Gasteiger partial charge in [-0.05, 0) is 47.5 Å². The summed E-state index contributed by atoms with van der Waals surface area (Å²) in [5.74, 6) is -0.159. The molecule has 0 bridgehead atoms. The van der Waals surface area contributed by atoms with Gasteiger partial charge in [-0.1, -0.05) is 36.4 Å². The summed E-state index contributed by atoms with van der Waals surface area (Å²) in [6.07, 6.45) is 1.52. The van der Waals surface area contributed by atoms with E-state index in [0.717, 1.165) is 38.4 Å². The number of rotatable bonds is 6. The molecule has 34 heavy (non-hydrogen) atoms. The number of fused-ring (bicyclic) bond motifs is 1. The molecule has 0 spiro atoms. The Morgan fingerprint density at radius 3 is 2.38 bits per heavy atom. The summed E-state index contributed by atoms with van der Waals surface area (Å²) in [5.41, 5.74) is 4.02. The largest absolute Gasteiger partial charge is 0.379 e. The fraction of sp³-hybridized carbons (Fsp3) is 0.222. The van der Waals surface area contributed by atoms with Gasteiger partial charge in [0.05, 0.1) is 29.8 Å². The maximum Gasteiger partial charge on any atom is 0.265 e. The highest BCUT2D eigenvalue weighted by Crippen LogP contribution is 2.12. The topological polar surface area (TPSA) is 76.5 Å². The number of carbonyl (C=O) groups is 1. The lowest BCUT2D eigenvalue weighted by atomic mass is 10.1. The van der Waals surface area contributed by atoms with Gasteiger partial charge in [0.15, 0.2) is 0 Å². The Morgan fingerprint density at radius 1 is 0.912 bits per heavy atom. The van der Waals surface area contributed by atoms with Crippen molar-refractivity contribution in [3.63, 3.8) is 0 Å². The third-order valence-electron chi connectivity index (χ3n) is 6.06. The molecule has 1 fully saturated rings. The van der Waals surface area contributed by atoms with Gasteiger partial charge in [0.25, 0.3) is 11.5 Å². The van der Waals surface area contributed by atoms with Crippen molar-refractivity contribution < 1.29 is 9.53 Å². The van der Waals surface area contributed by atoms with E-state index in [2.05, 4.69) is 39.5 Å². The predicted molar refractivity (Wildman–Crippen MR) is 131 cm³/mol. The van der Waals surface area contributed by atoms with Crippen LogP contribution in [0.4, 0.5) is 0 Å². The number of hydrogen-bond donors (Lipinski definition) is 1. The van der Waals surface area contributed by atoms with Crippen molar-refractivity contribution in [1.82, 2.24) is 19.8 Å². The molecule has 0 atom stereocenters. The summed E-state index contributed by atoms with van der Waals surface area (Å²) in [5, 5.41) is 3.52. The van der Waals surface area contributed by atoms with Gasteiger partial charge in [-0.15, -0.1) is 0 Å². The van der Waals surface area contributed by atoms with Crippen molar-refractivity contribution in [3.05, 3.63) is 106 Å². The number of carbonyl (C=O) groups excluding carboxylic acids is 1. The van der Waals surface area contributed by atoms with E-state index in [0.29, 0.717) is 28.7 Å². The van der Waals surface area contributed by atoms with E-state index in [9.17, 15) is 9.59 Å². The summed E-state index contributed by atoms with van der Waals surface area (Å²) in [6, 6.07) is 22.5. The van der Waals surface area contributed by atoms with Crippen LogP contribution in [0.25, 0.3) is 16.6 Å². The molecule has 1 N–H and O–H groups in total. The number of hydrogen-bond acceptors (Lipinski definition) is 5. The van der Waals surface area contributed by atoms with Crippen LogP contribution >= 0.6 is 0 Å². The minimum Gasteiger partial charge on any atom is -0.379 e. The maximum atomic E-state index is 12.8. The third-order valence-corrected chi connectivity index (χ3v) is 6.06. The molecule has 7 nitrogen and oxygen atoms in total. The van der Waals surface area contributed by atoms with Crippen LogP contribution in [-0.2, 0) is 17.8 Å². The van der Waals surface area contributed by atoms with E-state index in [-0.39, 0.29) is 11.5 Å². The fourth-order valence-corrected chi connectivity index (χ4v) is 4.09. The van der Waals surface area contributed by atoms with E-state index >= 15 is 0 Å². The van der Waals surface area contributed by atoms with Crippen molar-refractivity contribution in [2.75, 3.05) is 26.3 Å². The van der Waals surface area contributed by atoms with Crippen molar-refractivity contribution >= 4 is 16.8 Å². The van der Waals surface area contributed by atoms with Crippen molar-refractivity contribution in [1.29, 1.82) is 0 Å². The molecule has 1 aliphatic heterocycles. The Hall–Kier alpha value is -3.81. The van der Waals surface area contributed by atoms with Gasteiger partial charge in [-0.25, -0.2) is 4.98 Å². The highest BCUT2D eigenvalue weighted by molar-refractivity contribution is 5.94. The van der Waals surface area contributed by atoms with Gasteiger partial charge in [-0.3, -0.25) is 19.1 Å². The lowest BCUT2D eigenvalue weighted by Crippen LogP contribution is -2.35.